The average molecular weight is 189 g/mol. The molecule has 76 valence electrons. The highest BCUT2D eigenvalue weighted by Crippen LogP contribution is 2.44. The Morgan fingerprint density at radius 1 is 1.00 bits per heavy atom. The highest BCUT2D eigenvalue weighted by atomic mass is 19.3. The molecule has 1 N–H and O–H groups in total. The van der Waals surface area contributed by atoms with Crippen LogP contribution >= 0.6 is 0 Å². The van der Waals surface area contributed by atoms with Gasteiger partial charge in [-0.15, -0.1) is 0 Å². The number of hydrogen-bond donors (Lipinski definition) is 1. The molecule has 1 aliphatic heterocycles. The van der Waals surface area contributed by atoms with E-state index < -0.39 is 11.8 Å². The average Bonchev–Trinajstić information content (AvgIpc) is 2.78. The van der Waals surface area contributed by atoms with E-state index in [0.29, 0.717) is 13.0 Å². The van der Waals surface area contributed by atoms with Crippen molar-refractivity contribution in [2.45, 2.75) is 38.0 Å². The molecule has 1 heterocycles. The summed E-state index contributed by atoms with van der Waals surface area (Å²) in [5.41, 5.74) is 0. The SMILES string of the molecule is FC(F)(C1CCCC1)C1CCNC1. The summed E-state index contributed by atoms with van der Waals surface area (Å²) in [6.07, 6.45) is 4.14. The zero-order valence-corrected chi connectivity index (χ0v) is 7.86. The molecule has 1 nitrogen and oxygen atoms in total. The summed E-state index contributed by atoms with van der Waals surface area (Å²) in [6, 6.07) is 0. The van der Waals surface area contributed by atoms with E-state index >= 15 is 0 Å². The Morgan fingerprint density at radius 2 is 1.69 bits per heavy atom. The van der Waals surface area contributed by atoms with Crippen LogP contribution in [0.5, 0.6) is 0 Å². The van der Waals surface area contributed by atoms with Crippen molar-refractivity contribution in [2.24, 2.45) is 11.8 Å². The van der Waals surface area contributed by atoms with Gasteiger partial charge in [0.15, 0.2) is 0 Å². The normalized spacial score (nSPS) is 31.4. The monoisotopic (exact) mass is 189 g/mol. The maximum atomic E-state index is 13.8. The van der Waals surface area contributed by atoms with Gasteiger partial charge in [0.05, 0.1) is 0 Å². The van der Waals surface area contributed by atoms with Crippen LogP contribution < -0.4 is 5.32 Å². The van der Waals surface area contributed by atoms with Gasteiger partial charge in [0, 0.05) is 18.4 Å². The van der Waals surface area contributed by atoms with Crippen molar-refractivity contribution >= 4 is 0 Å². The number of halogens is 2. The maximum Gasteiger partial charge on any atom is 0.254 e. The molecule has 0 aromatic rings. The maximum absolute atomic E-state index is 13.8. The van der Waals surface area contributed by atoms with Crippen LogP contribution in [0.1, 0.15) is 32.1 Å². The lowest BCUT2D eigenvalue weighted by atomic mass is 9.88. The van der Waals surface area contributed by atoms with E-state index in [0.717, 1.165) is 32.2 Å². The van der Waals surface area contributed by atoms with Crippen LogP contribution in [0.4, 0.5) is 8.78 Å². The molecule has 0 radical (unpaired) electrons. The summed E-state index contributed by atoms with van der Waals surface area (Å²) in [5, 5.41) is 3.02. The van der Waals surface area contributed by atoms with E-state index in [-0.39, 0.29) is 5.92 Å². The van der Waals surface area contributed by atoms with Crippen molar-refractivity contribution in [3.8, 4) is 0 Å². The molecule has 0 aromatic heterocycles. The minimum atomic E-state index is -2.40. The van der Waals surface area contributed by atoms with Gasteiger partial charge in [-0.3, -0.25) is 0 Å². The van der Waals surface area contributed by atoms with Crippen LogP contribution in [0.3, 0.4) is 0 Å². The first-order chi connectivity index (χ1) is 6.21. The Hall–Kier alpha value is -0.180. The van der Waals surface area contributed by atoms with Gasteiger partial charge in [-0.05, 0) is 25.8 Å². The summed E-state index contributed by atoms with van der Waals surface area (Å²) in [6.45, 7) is 1.29. The van der Waals surface area contributed by atoms with Crippen LogP contribution in [-0.2, 0) is 0 Å². The molecule has 0 aromatic carbocycles. The van der Waals surface area contributed by atoms with E-state index in [4.69, 9.17) is 0 Å². The van der Waals surface area contributed by atoms with Gasteiger partial charge in [0.2, 0.25) is 0 Å². The molecule has 1 saturated heterocycles. The molecule has 2 rings (SSSR count). The lowest BCUT2D eigenvalue weighted by Crippen LogP contribution is -2.36. The van der Waals surface area contributed by atoms with Crippen molar-refractivity contribution in [2.75, 3.05) is 13.1 Å². The van der Waals surface area contributed by atoms with E-state index in [1.807, 2.05) is 0 Å². The fraction of sp³-hybridized carbons (Fsp3) is 1.00. The van der Waals surface area contributed by atoms with Gasteiger partial charge < -0.3 is 5.32 Å². The summed E-state index contributed by atoms with van der Waals surface area (Å²) in [7, 11) is 0. The topological polar surface area (TPSA) is 12.0 Å². The third-order valence-electron chi connectivity index (χ3n) is 3.50. The summed E-state index contributed by atoms with van der Waals surface area (Å²) < 4.78 is 27.6. The Kier molecular flexibility index (Phi) is 2.54. The van der Waals surface area contributed by atoms with E-state index in [2.05, 4.69) is 5.32 Å². The lowest BCUT2D eigenvalue weighted by Gasteiger charge is -2.28. The molecule has 1 aliphatic carbocycles. The first kappa shape index (κ1) is 9.38. The Labute approximate surface area is 77.9 Å². The summed E-state index contributed by atoms with van der Waals surface area (Å²) >= 11 is 0. The third kappa shape index (κ3) is 1.71. The highest BCUT2D eigenvalue weighted by Gasteiger charge is 2.48. The van der Waals surface area contributed by atoms with Gasteiger partial charge in [0.1, 0.15) is 0 Å². The molecule has 3 heteroatoms. The van der Waals surface area contributed by atoms with Crippen molar-refractivity contribution in [1.82, 2.24) is 5.32 Å². The van der Waals surface area contributed by atoms with Crippen molar-refractivity contribution < 1.29 is 8.78 Å². The molecular weight excluding hydrogens is 172 g/mol. The van der Waals surface area contributed by atoms with Gasteiger partial charge in [-0.1, -0.05) is 12.8 Å². The lowest BCUT2D eigenvalue weighted by molar-refractivity contribution is -0.100. The highest BCUT2D eigenvalue weighted by molar-refractivity contribution is 4.90. The molecule has 13 heavy (non-hydrogen) atoms. The second kappa shape index (κ2) is 3.52. The molecule has 0 bridgehead atoms. The fourth-order valence-electron chi connectivity index (χ4n) is 2.63. The van der Waals surface area contributed by atoms with Crippen molar-refractivity contribution in [1.29, 1.82) is 0 Å². The standard InChI is InChI=1S/C10H17F2N/c11-10(12,8-3-1-2-4-8)9-5-6-13-7-9/h8-9,13H,1-7H2. The van der Waals surface area contributed by atoms with Gasteiger partial charge in [-0.25, -0.2) is 8.78 Å². The zero-order chi connectivity index (χ0) is 9.31. The molecular formula is C10H17F2N. The zero-order valence-electron chi connectivity index (χ0n) is 7.86. The molecule has 1 unspecified atom stereocenters. The van der Waals surface area contributed by atoms with Gasteiger partial charge >= 0.3 is 0 Å². The summed E-state index contributed by atoms with van der Waals surface area (Å²) in [5.74, 6) is -3.12. The quantitative estimate of drug-likeness (QED) is 0.703. The second-order valence-corrected chi connectivity index (χ2v) is 4.35. The van der Waals surface area contributed by atoms with E-state index in [1.54, 1.807) is 0 Å². The number of alkyl halides is 2. The minimum Gasteiger partial charge on any atom is -0.316 e. The fourth-order valence-corrected chi connectivity index (χ4v) is 2.63. The van der Waals surface area contributed by atoms with Crippen LogP contribution in [0.25, 0.3) is 0 Å². The number of nitrogens with one attached hydrogen (secondary N) is 1. The molecule has 0 amide bonds. The van der Waals surface area contributed by atoms with Crippen LogP contribution in [0.15, 0.2) is 0 Å². The van der Waals surface area contributed by atoms with Gasteiger partial charge in [-0.2, -0.15) is 0 Å². The first-order valence-corrected chi connectivity index (χ1v) is 5.30. The van der Waals surface area contributed by atoms with Crippen molar-refractivity contribution in [3.63, 3.8) is 0 Å². The molecule has 2 aliphatic rings. The number of rotatable bonds is 2. The van der Waals surface area contributed by atoms with Crippen molar-refractivity contribution in [3.05, 3.63) is 0 Å². The van der Waals surface area contributed by atoms with Crippen LogP contribution in [-0.4, -0.2) is 19.0 Å². The molecule has 1 saturated carbocycles. The van der Waals surface area contributed by atoms with Crippen LogP contribution in [0.2, 0.25) is 0 Å². The minimum absolute atomic E-state index is 0.322. The smallest absolute Gasteiger partial charge is 0.254 e. The van der Waals surface area contributed by atoms with Gasteiger partial charge in [0.25, 0.3) is 5.92 Å². The largest absolute Gasteiger partial charge is 0.316 e. The number of hydrogen-bond acceptors (Lipinski definition) is 1. The summed E-state index contributed by atoms with van der Waals surface area (Å²) in [4.78, 5) is 0. The molecule has 1 atom stereocenters. The Balaban J connectivity index is 1.99. The second-order valence-electron chi connectivity index (χ2n) is 4.35. The first-order valence-electron chi connectivity index (χ1n) is 5.30. The predicted molar refractivity (Wildman–Crippen MR) is 47.9 cm³/mol. The Bertz CT molecular complexity index is 152. The third-order valence-corrected chi connectivity index (χ3v) is 3.50. The van der Waals surface area contributed by atoms with Crippen LogP contribution in [0, 0.1) is 11.8 Å². The molecule has 0 spiro atoms. The van der Waals surface area contributed by atoms with E-state index in [9.17, 15) is 8.78 Å². The Morgan fingerprint density at radius 3 is 2.23 bits per heavy atom. The molecule has 2 fully saturated rings. The van der Waals surface area contributed by atoms with E-state index in [1.165, 1.54) is 0 Å². The predicted octanol–water partition coefficient (Wildman–Crippen LogP) is 2.42.